The van der Waals surface area contributed by atoms with Gasteiger partial charge in [-0.15, -0.1) is 0 Å². The molecule has 0 saturated heterocycles. The van der Waals surface area contributed by atoms with Crippen molar-refractivity contribution in [1.29, 1.82) is 0 Å². The number of nitro groups is 1. The lowest BCUT2D eigenvalue weighted by atomic mass is 10.2. The lowest BCUT2D eigenvalue weighted by Gasteiger charge is -2.12. The van der Waals surface area contributed by atoms with Gasteiger partial charge < -0.3 is 21.3 Å². The number of nitrogens with zero attached hydrogens (tertiary/aromatic N) is 3. The first-order valence-corrected chi connectivity index (χ1v) is 9.97. The second-order valence-corrected chi connectivity index (χ2v) is 6.90. The molecule has 1 heterocycles. The monoisotopic (exact) mass is 449 g/mol. The van der Waals surface area contributed by atoms with Gasteiger partial charge >= 0.3 is 0 Å². The fourth-order valence-corrected chi connectivity index (χ4v) is 2.59. The fourth-order valence-electron chi connectivity index (χ4n) is 2.46. The summed E-state index contributed by atoms with van der Waals surface area (Å²) in [5.41, 5.74) is 0.769. The highest BCUT2D eigenvalue weighted by atomic mass is 35.5. The van der Waals surface area contributed by atoms with Crippen LogP contribution in [0.4, 0.5) is 11.6 Å². The smallest absolute Gasteiger partial charge is 0.226 e. The van der Waals surface area contributed by atoms with Crippen molar-refractivity contribution in [3.05, 3.63) is 45.5 Å². The van der Waals surface area contributed by atoms with E-state index in [1.165, 1.54) is 6.92 Å². The summed E-state index contributed by atoms with van der Waals surface area (Å²) in [6, 6.07) is 8.80. The van der Waals surface area contributed by atoms with E-state index < -0.39 is 11.5 Å². The van der Waals surface area contributed by atoms with E-state index in [4.69, 9.17) is 11.6 Å². The van der Waals surface area contributed by atoms with Crippen molar-refractivity contribution in [1.82, 2.24) is 20.6 Å². The molecule has 0 fully saturated rings. The Morgan fingerprint density at radius 2 is 1.58 bits per heavy atom. The van der Waals surface area contributed by atoms with Gasteiger partial charge in [-0.2, -0.15) is 0 Å². The summed E-state index contributed by atoms with van der Waals surface area (Å²) in [6.07, 6.45) is -0.163. The van der Waals surface area contributed by atoms with Crippen molar-refractivity contribution in [3.8, 4) is 11.4 Å². The maximum absolute atomic E-state index is 11.6. The second kappa shape index (κ2) is 12.3. The van der Waals surface area contributed by atoms with Crippen molar-refractivity contribution in [3.63, 3.8) is 0 Å². The molecule has 2 aromatic rings. The fraction of sp³-hybridized carbons (Fsp3) is 0.368. The Morgan fingerprint density at radius 1 is 1.00 bits per heavy atom. The summed E-state index contributed by atoms with van der Waals surface area (Å²) in [6.45, 7) is 2.61. The lowest BCUT2D eigenvalue weighted by molar-refractivity contribution is -0.478. The summed E-state index contributed by atoms with van der Waals surface area (Å²) in [7, 11) is 0. The largest absolute Gasteiger partial charge is 0.368 e. The van der Waals surface area contributed by atoms with Crippen LogP contribution in [-0.2, 0) is 9.59 Å². The minimum Gasteiger partial charge on any atom is -0.368 e. The Labute approximate surface area is 184 Å². The maximum atomic E-state index is 11.6. The Kier molecular flexibility index (Phi) is 9.43. The van der Waals surface area contributed by atoms with E-state index in [1.54, 1.807) is 30.3 Å². The number of carbonyl (C=O) groups excluding carboxylic acids is 2. The van der Waals surface area contributed by atoms with Crippen LogP contribution < -0.4 is 21.3 Å². The lowest BCUT2D eigenvalue weighted by Crippen LogP contribution is -2.30. The Hall–Kier alpha value is -3.47. The van der Waals surface area contributed by atoms with Gasteiger partial charge in [0.05, 0.1) is 6.42 Å². The molecule has 0 spiro atoms. The topological polar surface area (TPSA) is 151 Å². The molecule has 1 aromatic heterocycles. The standard InChI is InChI=1S/C19H24ClN7O4/c1-13(28)21-7-8-22-16-12-17(23-9-10-24-18(29)6-11-27(30)31)26-19(25-16)14-2-4-15(20)5-3-14/h2-5,12H,6-11H2,1H3,(H,21,28)(H,24,29)(H2,22,23,25,26). The molecule has 31 heavy (non-hydrogen) atoms. The van der Waals surface area contributed by atoms with E-state index in [0.29, 0.717) is 42.1 Å². The number of benzene rings is 1. The van der Waals surface area contributed by atoms with Crippen molar-refractivity contribution in [2.45, 2.75) is 13.3 Å². The van der Waals surface area contributed by atoms with Gasteiger partial charge in [-0.05, 0) is 24.3 Å². The molecular formula is C19H24ClN7O4. The molecule has 0 radical (unpaired) electrons. The van der Waals surface area contributed by atoms with Gasteiger partial charge in [0.2, 0.25) is 18.4 Å². The van der Waals surface area contributed by atoms with E-state index in [1.807, 2.05) is 0 Å². The van der Waals surface area contributed by atoms with Crippen LogP contribution in [0.5, 0.6) is 0 Å². The summed E-state index contributed by atoms with van der Waals surface area (Å²) in [5.74, 6) is 1.06. The highest BCUT2D eigenvalue weighted by Gasteiger charge is 2.09. The van der Waals surface area contributed by atoms with Gasteiger partial charge in [-0.3, -0.25) is 19.7 Å². The van der Waals surface area contributed by atoms with Crippen LogP contribution in [0.15, 0.2) is 30.3 Å². The molecular weight excluding hydrogens is 426 g/mol. The predicted octanol–water partition coefficient (Wildman–Crippen LogP) is 1.54. The van der Waals surface area contributed by atoms with E-state index in [-0.39, 0.29) is 24.8 Å². The molecule has 4 N–H and O–H groups in total. The van der Waals surface area contributed by atoms with Crippen LogP contribution in [-0.4, -0.2) is 59.4 Å². The van der Waals surface area contributed by atoms with E-state index in [0.717, 1.165) is 5.56 Å². The van der Waals surface area contributed by atoms with Crippen LogP contribution in [0, 0.1) is 10.1 Å². The van der Waals surface area contributed by atoms with Crippen LogP contribution in [0.3, 0.4) is 0 Å². The molecule has 0 saturated carbocycles. The molecule has 0 aliphatic rings. The Balaban J connectivity index is 2.00. The minimum atomic E-state index is -0.530. The third-order valence-corrected chi connectivity index (χ3v) is 4.16. The Morgan fingerprint density at radius 3 is 2.13 bits per heavy atom. The van der Waals surface area contributed by atoms with Gasteiger partial charge in [0.15, 0.2) is 5.82 Å². The van der Waals surface area contributed by atoms with E-state index >= 15 is 0 Å². The van der Waals surface area contributed by atoms with Crippen LogP contribution >= 0.6 is 11.6 Å². The molecule has 2 rings (SSSR count). The molecule has 166 valence electrons. The van der Waals surface area contributed by atoms with Gasteiger partial charge in [-0.25, -0.2) is 9.97 Å². The molecule has 0 aliphatic heterocycles. The summed E-state index contributed by atoms with van der Waals surface area (Å²) >= 11 is 5.95. The number of hydrogen-bond donors (Lipinski definition) is 4. The maximum Gasteiger partial charge on any atom is 0.226 e. The molecule has 0 bridgehead atoms. The van der Waals surface area contributed by atoms with Crippen LogP contribution in [0.1, 0.15) is 13.3 Å². The summed E-state index contributed by atoms with van der Waals surface area (Å²) in [4.78, 5) is 41.3. The van der Waals surface area contributed by atoms with Crippen LogP contribution in [0.2, 0.25) is 5.02 Å². The molecule has 11 nitrogen and oxygen atoms in total. The predicted molar refractivity (Wildman–Crippen MR) is 118 cm³/mol. The molecule has 0 atom stereocenters. The number of anilines is 2. The van der Waals surface area contributed by atoms with Crippen molar-refractivity contribution in [2.75, 3.05) is 43.4 Å². The minimum absolute atomic E-state index is 0.117. The first-order chi connectivity index (χ1) is 14.8. The highest BCUT2D eigenvalue weighted by molar-refractivity contribution is 6.30. The zero-order valence-corrected chi connectivity index (χ0v) is 17.7. The van der Waals surface area contributed by atoms with Gasteiger partial charge in [0.1, 0.15) is 11.6 Å². The average Bonchev–Trinajstić information content (AvgIpc) is 2.73. The van der Waals surface area contributed by atoms with Gasteiger partial charge in [0, 0.05) is 54.7 Å². The normalized spacial score (nSPS) is 10.3. The highest BCUT2D eigenvalue weighted by Crippen LogP contribution is 2.22. The third kappa shape index (κ3) is 9.26. The zero-order chi connectivity index (χ0) is 22.6. The zero-order valence-electron chi connectivity index (χ0n) is 17.0. The first-order valence-electron chi connectivity index (χ1n) is 9.59. The first kappa shape index (κ1) is 23.8. The van der Waals surface area contributed by atoms with Gasteiger partial charge in [0.25, 0.3) is 0 Å². The number of nitrogens with one attached hydrogen (secondary N) is 4. The summed E-state index contributed by atoms with van der Waals surface area (Å²) in [5, 5.41) is 22.4. The average molecular weight is 450 g/mol. The van der Waals surface area contributed by atoms with E-state index in [9.17, 15) is 19.7 Å². The third-order valence-electron chi connectivity index (χ3n) is 3.91. The van der Waals surface area contributed by atoms with Crippen molar-refractivity contribution >= 4 is 35.1 Å². The molecule has 12 heteroatoms. The second-order valence-electron chi connectivity index (χ2n) is 6.46. The van der Waals surface area contributed by atoms with Gasteiger partial charge in [-0.1, -0.05) is 11.6 Å². The number of amides is 2. The number of hydrogen-bond acceptors (Lipinski definition) is 8. The molecule has 0 unspecified atom stereocenters. The number of rotatable bonds is 12. The number of carbonyl (C=O) groups is 2. The van der Waals surface area contributed by atoms with Crippen LogP contribution in [0.25, 0.3) is 11.4 Å². The quantitative estimate of drug-likeness (QED) is 0.216. The van der Waals surface area contributed by atoms with E-state index in [2.05, 4.69) is 31.2 Å². The molecule has 0 aliphatic carbocycles. The summed E-state index contributed by atoms with van der Waals surface area (Å²) < 4.78 is 0. The number of aromatic nitrogens is 2. The van der Waals surface area contributed by atoms with Crippen molar-refractivity contribution < 1.29 is 14.5 Å². The Bertz CT molecular complexity index is 909. The molecule has 1 aromatic carbocycles. The SMILES string of the molecule is CC(=O)NCCNc1cc(NCCNC(=O)CC[N+](=O)[O-])nc(-c2ccc(Cl)cc2)n1. The molecule has 2 amide bonds. The number of halogens is 1. The van der Waals surface area contributed by atoms with Crippen molar-refractivity contribution in [2.24, 2.45) is 0 Å².